The fourth-order valence-electron chi connectivity index (χ4n) is 3.25. The van der Waals surface area contributed by atoms with Crippen LogP contribution >= 0.6 is 0 Å². The van der Waals surface area contributed by atoms with E-state index in [2.05, 4.69) is 10.4 Å². The molecule has 0 fully saturated rings. The number of carbonyl (C=O) groups excluding carboxylic acids is 1. The molecule has 26 heavy (non-hydrogen) atoms. The van der Waals surface area contributed by atoms with Crippen molar-refractivity contribution in [1.29, 1.82) is 0 Å². The quantitative estimate of drug-likeness (QED) is 0.749. The van der Waals surface area contributed by atoms with Crippen LogP contribution in [0, 0.1) is 0 Å². The van der Waals surface area contributed by atoms with Crippen LogP contribution in [0.1, 0.15) is 42.4 Å². The summed E-state index contributed by atoms with van der Waals surface area (Å²) in [7, 11) is -0.939. The number of aromatic nitrogens is 2. The van der Waals surface area contributed by atoms with Gasteiger partial charge in [0.15, 0.2) is 0 Å². The highest BCUT2D eigenvalue weighted by Crippen LogP contribution is 2.33. The number of hydrogen-bond donors (Lipinski definition) is 1. The van der Waals surface area contributed by atoms with Crippen molar-refractivity contribution in [3.05, 3.63) is 59.3 Å². The van der Waals surface area contributed by atoms with E-state index in [1.54, 1.807) is 0 Å². The number of carbonyl (C=O) groups is 1. The number of amides is 1. The second-order valence-electron chi connectivity index (χ2n) is 7.60. The highest BCUT2D eigenvalue weighted by atomic mass is 32.2. The minimum Gasteiger partial charge on any atom is -0.306 e. The number of fused-ring (bicyclic) bond motifs is 2. The summed E-state index contributed by atoms with van der Waals surface area (Å²) >= 11 is 0. The summed E-state index contributed by atoms with van der Waals surface area (Å²) in [6.07, 6.45) is 0. The minimum absolute atomic E-state index is 0.179. The Labute approximate surface area is 154 Å². The average molecular weight is 367 g/mol. The fraction of sp³-hybridized carbons (Fsp3) is 0.300. The maximum atomic E-state index is 12.9. The van der Waals surface area contributed by atoms with E-state index in [1.807, 2.05) is 67.9 Å². The molecule has 3 aromatic rings. The first-order valence-electron chi connectivity index (χ1n) is 8.59. The molecule has 0 bridgehead atoms. The zero-order valence-electron chi connectivity index (χ0n) is 15.1. The number of nitrogens with zero attached hydrogens (tertiary/aromatic N) is 2. The van der Waals surface area contributed by atoms with Crippen molar-refractivity contribution in [2.45, 2.75) is 37.8 Å². The van der Waals surface area contributed by atoms with Crippen molar-refractivity contribution in [1.82, 2.24) is 9.78 Å². The molecule has 0 unspecified atom stereocenters. The van der Waals surface area contributed by atoms with Gasteiger partial charge in [-0.05, 0) is 43.7 Å². The summed E-state index contributed by atoms with van der Waals surface area (Å²) in [5.74, 6) is 1.38. The van der Waals surface area contributed by atoms with Crippen molar-refractivity contribution in [3.8, 4) is 0 Å². The summed E-state index contributed by atoms with van der Waals surface area (Å²) in [6.45, 7) is 6.12. The van der Waals surface area contributed by atoms with E-state index in [0.29, 0.717) is 22.9 Å². The molecule has 0 saturated carbocycles. The summed E-state index contributed by atoms with van der Waals surface area (Å²) in [5.41, 5.74) is 2.04. The SMILES string of the molecule is CC(C)(C)n1nc2c(c1NC(=O)c1ccc3ccccc3c1)C[S@@](=O)C2. The zero-order chi connectivity index (χ0) is 18.5. The Balaban J connectivity index is 1.72. The first-order valence-corrected chi connectivity index (χ1v) is 10.1. The summed E-state index contributed by atoms with van der Waals surface area (Å²) < 4.78 is 13.8. The van der Waals surface area contributed by atoms with Gasteiger partial charge in [0, 0.05) is 21.9 Å². The third kappa shape index (κ3) is 2.94. The Morgan fingerprint density at radius 3 is 2.58 bits per heavy atom. The van der Waals surface area contributed by atoms with Crippen molar-refractivity contribution in [2.24, 2.45) is 0 Å². The third-order valence-corrected chi connectivity index (χ3v) is 5.75. The van der Waals surface area contributed by atoms with Crippen molar-refractivity contribution in [2.75, 3.05) is 5.32 Å². The van der Waals surface area contributed by atoms with Crippen molar-refractivity contribution < 1.29 is 9.00 Å². The van der Waals surface area contributed by atoms with Crippen LogP contribution in [0.5, 0.6) is 0 Å². The molecule has 5 nitrogen and oxygen atoms in total. The molecule has 1 aromatic heterocycles. The normalized spacial score (nSPS) is 16.7. The average Bonchev–Trinajstić information content (AvgIpc) is 3.11. The second kappa shape index (κ2) is 6.06. The third-order valence-electron chi connectivity index (χ3n) is 4.55. The highest BCUT2D eigenvalue weighted by Gasteiger charge is 2.31. The maximum Gasteiger partial charge on any atom is 0.256 e. The van der Waals surface area contributed by atoms with Gasteiger partial charge < -0.3 is 5.32 Å². The lowest BCUT2D eigenvalue weighted by molar-refractivity contribution is 0.102. The predicted octanol–water partition coefficient (Wildman–Crippen LogP) is 3.81. The summed E-state index contributed by atoms with van der Waals surface area (Å²) in [4.78, 5) is 12.9. The van der Waals surface area contributed by atoms with Crippen molar-refractivity contribution in [3.63, 3.8) is 0 Å². The van der Waals surface area contributed by atoms with Crippen LogP contribution in [0.2, 0.25) is 0 Å². The zero-order valence-corrected chi connectivity index (χ0v) is 15.9. The van der Waals surface area contributed by atoms with E-state index >= 15 is 0 Å². The number of anilines is 1. The first-order chi connectivity index (χ1) is 12.3. The molecule has 1 N–H and O–H groups in total. The van der Waals surface area contributed by atoms with E-state index in [4.69, 9.17) is 0 Å². The van der Waals surface area contributed by atoms with E-state index in [9.17, 15) is 9.00 Å². The van der Waals surface area contributed by atoms with Crippen molar-refractivity contribution >= 4 is 33.3 Å². The molecular weight excluding hydrogens is 346 g/mol. The number of hydrogen-bond acceptors (Lipinski definition) is 3. The number of nitrogens with one attached hydrogen (secondary N) is 1. The van der Waals surface area contributed by atoms with Gasteiger partial charge in [-0.15, -0.1) is 0 Å². The van der Waals surface area contributed by atoms with E-state index < -0.39 is 10.8 Å². The van der Waals surface area contributed by atoms with Gasteiger partial charge in [0.2, 0.25) is 0 Å². The largest absolute Gasteiger partial charge is 0.306 e. The second-order valence-corrected chi connectivity index (χ2v) is 9.06. The van der Waals surface area contributed by atoms with E-state index in [-0.39, 0.29) is 11.4 Å². The van der Waals surface area contributed by atoms with Crippen LogP contribution < -0.4 is 5.32 Å². The Bertz CT molecular complexity index is 1050. The van der Waals surface area contributed by atoms with Crippen LogP contribution in [-0.4, -0.2) is 19.9 Å². The maximum absolute atomic E-state index is 12.9. The first kappa shape index (κ1) is 17.0. The van der Waals surface area contributed by atoms with Crippen LogP contribution in [0.25, 0.3) is 10.8 Å². The van der Waals surface area contributed by atoms with Gasteiger partial charge in [-0.2, -0.15) is 5.10 Å². The van der Waals surface area contributed by atoms with Gasteiger partial charge in [-0.25, -0.2) is 4.68 Å². The topological polar surface area (TPSA) is 64.0 Å². The predicted molar refractivity (Wildman–Crippen MR) is 105 cm³/mol. The molecule has 0 aliphatic carbocycles. The lowest BCUT2D eigenvalue weighted by Gasteiger charge is -2.23. The minimum atomic E-state index is -0.939. The molecular formula is C20H21N3O2S. The smallest absolute Gasteiger partial charge is 0.256 e. The van der Waals surface area contributed by atoms with Crippen LogP contribution in [0.4, 0.5) is 5.82 Å². The Morgan fingerprint density at radius 2 is 1.85 bits per heavy atom. The molecule has 1 aliphatic rings. The highest BCUT2D eigenvalue weighted by molar-refractivity contribution is 7.83. The molecule has 1 amide bonds. The summed E-state index contributed by atoms with van der Waals surface area (Å²) in [6, 6.07) is 13.6. The Morgan fingerprint density at radius 1 is 1.12 bits per heavy atom. The van der Waals surface area contributed by atoms with Gasteiger partial charge in [-0.3, -0.25) is 9.00 Å². The summed E-state index contributed by atoms with van der Waals surface area (Å²) in [5, 5.41) is 9.77. The van der Waals surface area contributed by atoms with Crippen LogP contribution in [0.15, 0.2) is 42.5 Å². The molecule has 0 saturated heterocycles. The molecule has 2 heterocycles. The molecule has 0 spiro atoms. The molecule has 2 aromatic carbocycles. The molecule has 1 aliphatic heterocycles. The van der Waals surface area contributed by atoms with E-state index in [0.717, 1.165) is 22.0 Å². The fourth-order valence-corrected chi connectivity index (χ4v) is 4.52. The van der Waals surface area contributed by atoms with Gasteiger partial charge in [0.05, 0.1) is 22.7 Å². The molecule has 6 heteroatoms. The van der Waals surface area contributed by atoms with Crippen LogP contribution in [0.3, 0.4) is 0 Å². The Hall–Kier alpha value is -2.47. The van der Waals surface area contributed by atoms with E-state index in [1.165, 1.54) is 0 Å². The molecule has 0 radical (unpaired) electrons. The standard InChI is InChI=1S/C20H21N3O2S/c1-20(2,3)23-18(16-11-26(25)12-17(16)22-23)21-19(24)15-9-8-13-6-4-5-7-14(13)10-15/h4-10H,11-12H2,1-3H3,(H,21,24)/t26-/m1/s1. The van der Waals surface area contributed by atoms with Gasteiger partial charge >= 0.3 is 0 Å². The van der Waals surface area contributed by atoms with Crippen LogP contribution in [-0.2, 0) is 27.8 Å². The lowest BCUT2D eigenvalue weighted by atomic mass is 10.1. The number of rotatable bonds is 2. The van der Waals surface area contributed by atoms with Gasteiger partial charge in [-0.1, -0.05) is 30.3 Å². The van der Waals surface area contributed by atoms with Gasteiger partial charge in [0.25, 0.3) is 5.91 Å². The Kier molecular flexibility index (Phi) is 3.95. The number of benzene rings is 2. The molecule has 1 atom stereocenters. The monoisotopic (exact) mass is 367 g/mol. The molecule has 134 valence electrons. The lowest BCUT2D eigenvalue weighted by Crippen LogP contribution is -2.27. The van der Waals surface area contributed by atoms with Gasteiger partial charge in [0.1, 0.15) is 5.82 Å². The molecule has 4 rings (SSSR count).